The zero-order valence-electron chi connectivity index (χ0n) is 20.7. The van der Waals surface area contributed by atoms with Crippen molar-refractivity contribution in [3.63, 3.8) is 0 Å². The second-order valence-corrected chi connectivity index (χ2v) is 12.9. The normalized spacial score (nSPS) is 18.9. The standard InChI is InChI=1S/C27H32BrN5OS/c1-26(2)13-16(14-27(3,4)33-26)10-11-29-25-30-15-20(28)23(32-25)22-12-19-18(6-5-7-21(19)35-22)24(34)31-17-8-9-17/h5-7,10,12,15,17,33H,8-9,11,13-14H2,1-4H3,(H,31,34)(H,29,30,32). The third-order valence-corrected chi connectivity index (χ3v) is 8.05. The number of carbonyl (C=O) groups is 1. The van der Waals surface area contributed by atoms with Crippen LogP contribution >= 0.6 is 27.3 Å². The first kappa shape index (κ1) is 24.4. The van der Waals surface area contributed by atoms with Gasteiger partial charge in [-0.3, -0.25) is 4.79 Å². The van der Waals surface area contributed by atoms with Crippen LogP contribution in [-0.2, 0) is 0 Å². The number of nitrogens with zero attached hydrogens (tertiary/aromatic N) is 2. The van der Waals surface area contributed by atoms with E-state index in [9.17, 15) is 4.79 Å². The maximum absolute atomic E-state index is 12.7. The van der Waals surface area contributed by atoms with Crippen LogP contribution < -0.4 is 16.0 Å². The third-order valence-electron chi connectivity index (χ3n) is 6.36. The largest absolute Gasteiger partial charge is 0.351 e. The quantitative estimate of drug-likeness (QED) is 0.312. The van der Waals surface area contributed by atoms with Crippen molar-refractivity contribution < 1.29 is 4.79 Å². The van der Waals surface area contributed by atoms with E-state index in [0.717, 1.165) is 56.4 Å². The molecule has 6 nitrogen and oxygen atoms in total. The van der Waals surface area contributed by atoms with E-state index in [2.05, 4.69) is 82.8 Å². The third kappa shape index (κ3) is 5.76. The average molecular weight is 555 g/mol. The first-order chi connectivity index (χ1) is 16.6. The van der Waals surface area contributed by atoms with Gasteiger partial charge in [0, 0.05) is 45.5 Å². The highest BCUT2D eigenvalue weighted by molar-refractivity contribution is 9.10. The van der Waals surface area contributed by atoms with E-state index in [1.54, 1.807) is 17.5 Å². The van der Waals surface area contributed by atoms with E-state index in [4.69, 9.17) is 4.98 Å². The summed E-state index contributed by atoms with van der Waals surface area (Å²) in [4.78, 5) is 23.0. The molecule has 35 heavy (non-hydrogen) atoms. The van der Waals surface area contributed by atoms with Gasteiger partial charge in [-0.1, -0.05) is 17.7 Å². The number of hydrogen-bond donors (Lipinski definition) is 3. The van der Waals surface area contributed by atoms with Crippen molar-refractivity contribution in [2.45, 2.75) is 70.5 Å². The molecule has 1 saturated carbocycles. The molecule has 5 rings (SSSR count). The number of halogens is 1. The fourth-order valence-corrected chi connectivity index (χ4v) is 6.75. The predicted molar refractivity (Wildman–Crippen MR) is 148 cm³/mol. The summed E-state index contributed by atoms with van der Waals surface area (Å²) in [6.07, 6.45) is 8.28. The van der Waals surface area contributed by atoms with Crippen molar-refractivity contribution in [2.24, 2.45) is 0 Å². The summed E-state index contributed by atoms with van der Waals surface area (Å²) in [6, 6.07) is 8.30. The molecule has 1 aromatic carbocycles. The summed E-state index contributed by atoms with van der Waals surface area (Å²) in [5.41, 5.74) is 3.17. The smallest absolute Gasteiger partial charge is 0.252 e. The molecule has 1 aliphatic carbocycles. The lowest BCUT2D eigenvalue weighted by Crippen LogP contribution is -2.55. The lowest BCUT2D eigenvalue weighted by molar-refractivity contribution is 0.0952. The van der Waals surface area contributed by atoms with Crippen molar-refractivity contribution in [1.29, 1.82) is 0 Å². The maximum Gasteiger partial charge on any atom is 0.252 e. The SMILES string of the molecule is CC1(C)CC(=CCNc2ncc(Br)c(-c3cc4c(C(=O)NC5CC5)cccc4s3)n2)CC(C)(C)N1. The molecule has 3 aromatic rings. The number of nitrogens with one attached hydrogen (secondary N) is 3. The van der Waals surface area contributed by atoms with Crippen LogP contribution in [-0.4, -0.2) is 39.5 Å². The molecule has 1 aliphatic heterocycles. The Morgan fingerprint density at radius 1 is 1.23 bits per heavy atom. The van der Waals surface area contributed by atoms with E-state index in [1.165, 1.54) is 5.57 Å². The van der Waals surface area contributed by atoms with Crippen LogP contribution in [0.25, 0.3) is 20.7 Å². The zero-order valence-corrected chi connectivity index (χ0v) is 23.1. The lowest BCUT2D eigenvalue weighted by Gasteiger charge is -2.44. The van der Waals surface area contributed by atoms with Gasteiger partial charge in [0.25, 0.3) is 5.91 Å². The Labute approximate surface area is 219 Å². The minimum atomic E-state index is 0.00358. The molecule has 3 heterocycles. The van der Waals surface area contributed by atoms with Crippen LogP contribution in [0.15, 0.2) is 46.6 Å². The van der Waals surface area contributed by atoms with Crippen molar-refractivity contribution in [2.75, 3.05) is 11.9 Å². The number of anilines is 1. The molecule has 2 aromatic heterocycles. The zero-order chi connectivity index (χ0) is 24.8. The minimum absolute atomic E-state index is 0.00358. The number of fused-ring (bicyclic) bond motifs is 1. The first-order valence-electron chi connectivity index (χ1n) is 12.2. The number of thiophene rings is 1. The molecule has 2 fully saturated rings. The van der Waals surface area contributed by atoms with Crippen LogP contribution in [0.1, 0.15) is 63.7 Å². The molecule has 0 unspecified atom stereocenters. The van der Waals surface area contributed by atoms with Gasteiger partial charge in [0.1, 0.15) is 5.69 Å². The van der Waals surface area contributed by atoms with Gasteiger partial charge in [-0.2, -0.15) is 0 Å². The van der Waals surface area contributed by atoms with Crippen LogP contribution in [0.3, 0.4) is 0 Å². The second kappa shape index (κ2) is 9.30. The summed E-state index contributed by atoms with van der Waals surface area (Å²) in [5.74, 6) is 0.598. The molecule has 0 bridgehead atoms. The highest BCUT2D eigenvalue weighted by atomic mass is 79.9. The lowest BCUT2D eigenvalue weighted by atomic mass is 9.79. The number of rotatable bonds is 6. The Morgan fingerprint density at radius 3 is 2.69 bits per heavy atom. The van der Waals surface area contributed by atoms with Crippen molar-refractivity contribution in [1.82, 2.24) is 20.6 Å². The van der Waals surface area contributed by atoms with Crippen LogP contribution in [0, 0.1) is 0 Å². The number of amides is 1. The average Bonchev–Trinajstić information content (AvgIpc) is 3.46. The van der Waals surface area contributed by atoms with E-state index >= 15 is 0 Å². The molecule has 184 valence electrons. The molecule has 0 spiro atoms. The monoisotopic (exact) mass is 553 g/mol. The van der Waals surface area contributed by atoms with E-state index in [1.807, 2.05) is 12.1 Å². The molecular weight excluding hydrogens is 522 g/mol. The van der Waals surface area contributed by atoms with Gasteiger partial charge in [-0.05, 0) is 87.5 Å². The molecular formula is C27H32BrN5OS. The Kier molecular flexibility index (Phi) is 6.48. The molecule has 2 aliphatic rings. The number of piperidine rings is 1. The maximum atomic E-state index is 12.7. The fourth-order valence-electron chi connectivity index (χ4n) is 5.12. The van der Waals surface area contributed by atoms with Crippen LogP contribution in [0.2, 0.25) is 0 Å². The summed E-state index contributed by atoms with van der Waals surface area (Å²) in [5, 5.41) is 11.2. The van der Waals surface area contributed by atoms with Crippen molar-refractivity contribution in [3.05, 3.63) is 52.1 Å². The Balaban J connectivity index is 1.35. The molecule has 3 N–H and O–H groups in total. The van der Waals surface area contributed by atoms with Gasteiger partial charge in [0.05, 0.1) is 9.35 Å². The van der Waals surface area contributed by atoms with E-state index in [0.29, 0.717) is 18.5 Å². The van der Waals surface area contributed by atoms with Gasteiger partial charge < -0.3 is 16.0 Å². The minimum Gasteiger partial charge on any atom is -0.351 e. The topological polar surface area (TPSA) is 78.9 Å². The number of benzene rings is 1. The summed E-state index contributed by atoms with van der Waals surface area (Å²) < 4.78 is 1.91. The Morgan fingerprint density at radius 2 is 1.97 bits per heavy atom. The van der Waals surface area contributed by atoms with Gasteiger partial charge in [0.2, 0.25) is 5.95 Å². The van der Waals surface area contributed by atoms with Gasteiger partial charge >= 0.3 is 0 Å². The van der Waals surface area contributed by atoms with Crippen LogP contribution in [0.5, 0.6) is 0 Å². The molecule has 0 atom stereocenters. The number of hydrogen-bond acceptors (Lipinski definition) is 6. The fraction of sp³-hybridized carbons (Fsp3) is 0.444. The molecule has 8 heteroatoms. The van der Waals surface area contributed by atoms with Gasteiger partial charge in [-0.15, -0.1) is 11.3 Å². The van der Waals surface area contributed by atoms with Gasteiger partial charge in [-0.25, -0.2) is 9.97 Å². The predicted octanol–water partition coefficient (Wildman–Crippen LogP) is 6.29. The van der Waals surface area contributed by atoms with E-state index < -0.39 is 0 Å². The number of aromatic nitrogens is 2. The highest BCUT2D eigenvalue weighted by Gasteiger charge is 2.34. The molecule has 1 amide bonds. The molecule has 1 saturated heterocycles. The second-order valence-electron chi connectivity index (χ2n) is 11.0. The number of carbonyl (C=O) groups excluding carboxylic acids is 1. The Bertz CT molecular complexity index is 1290. The summed E-state index contributed by atoms with van der Waals surface area (Å²) in [6.45, 7) is 9.70. The van der Waals surface area contributed by atoms with Crippen molar-refractivity contribution >= 4 is 49.2 Å². The van der Waals surface area contributed by atoms with E-state index in [-0.39, 0.29) is 17.0 Å². The van der Waals surface area contributed by atoms with Gasteiger partial charge in [0.15, 0.2) is 0 Å². The molecule has 0 radical (unpaired) electrons. The van der Waals surface area contributed by atoms with Crippen LogP contribution in [0.4, 0.5) is 5.95 Å². The Hall–Kier alpha value is -2.29. The summed E-state index contributed by atoms with van der Waals surface area (Å²) in [7, 11) is 0. The first-order valence-corrected chi connectivity index (χ1v) is 13.8. The highest BCUT2D eigenvalue weighted by Crippen LogP contribution is 2.38. The summed E-state index contributed by atoms with van der Waals surface area (Å²) >= 11 is 5.26. The van der Waals surface area contributed by atoms with Crippen molar-refractivity contribution in [3.8, 4) is 10.6 Å².